The summed E-state index contributed by atoms with van der Waals surface area (Å²) in [6.07, 6.45) is -4.84. The van der Waals surface area contributed by atoms with Crippen LogP contribution in [0.4, 0.5) is 13.2 Å². The van der Waals surface area contributed by atoms with Crippen LogP contribution in [-0.4, -0.2) is 12.1 Å². The Bertz CT molecular complexity index is 508. The number of nitrogens with zero attached hydrogens (tertiary/aromatic N) is 1. The normalized spacial score (nSPS) is 12.7. The van der Waals surface area contributed by atoms with E-state index in [4.69, 9.17) is 16.9 Å². The standard InChI is InChI=1S/C11H7ClF3NO2/c1-6(17)10(12)9-3-2-8(4-7(9)5-16)18-11(13,14)15/h2-4,10H,1H3. The predicted molar refractivity (Wildman–Crippen MR) is 57.1 cm³/mol. The lowest BCUT2D eigenvalue weighted by molar-refractivity contribution is -0.274. The van der Waals surface area contributed by atoms with Crippen LogP contribution in [0.25, 0.3) is 0 Å². The largest absolute Gasteiger partial charge is 0.573 e. The van der Waals surface area contributed by atoms with Crippen LogP contribution in [-0.2, 0) is 4.79 Å². The number of carbonyl (C=O) groups is 1. The van der Waals surface area contributed by atoms with E-state index in [-0.39, 0.29) is 11.1 Å². The second kappa shape index (κ2) is 5.27. The van der Waals surface area contributed by atoms with Gasteiger partial charge >= 0.3 is 6.36 Å². The van der Waals surface area contributed by atoms with E-state index in [0.29, 0.717) is 0 Å². The summed E-state index contributed by atoms with van der Waals surface area (Å²) in [4.78, 5) is 11.1. The first kappa shape index (κ1) is 14.3. The molecule has 3 nitrogen and oxygen atoms in total. The van der Waals surface area contributed by atoms with Gasteiger partial charge < -0.3 is 4.74 Å². The van der Waals surface area contributed by atoms with Crippen molar-refractivity contribution in [2.45, 2.75) is 18.7 Å². The monoisotopic (exact) mass is 277 g/mol. The maximum atomic E-state index is 12.0. The highest BCUT2D eigenvalue weighted by atomic mass is 35.5. The van der Waals surface area contributed by atoms with Gasteiger partial charge in [-0.25, -0.2) is 0 Å². The van der Waals surface area contributed by atoms with Gasteiger partial charge in [0.25, 0.3) is 0 Å². The number of Topliss-reactive ketones (excluding diaryl/α,β-unsaturated/α-hetero) is 1. The fraction of sp³-hybridized carbons (Fsp3) is 0.273. The molecule has 0 amide bonds. The number of carbonyl (C=O) groups excluding carboxylic acids is 1. The van der Waals surface area contributed by atoms with E-state index in [1.54, 1.807) is 6.07 Å². The molecule has 0 aliphatic heterocycles. The third-order valence-electron chi connectivity index (χ3n) is 2.01. The van der Waals surface area contributed by atoms with Crippen molar-refractivity contribution in [1.29, 1.82) is 5.26 Å². The second-order valence-electron chi connectivity index (χ2n) is 3.38. The van der Waals surface area contributed by atoms with Gasteiger partial charge in [-0.1, -0.05) is 6.07 Å². The number of hydrogen-bond donors (Lipinski definition) is 0. The molecule has 1 atom stereocenters. The van der Waals surface area contributed by atoms with Gasteiger partial charge in [-0.05, 0) is 24.6 Å². The molecule has 0 spiro atoms. The van der Waals surface area contributed by atoms with Crippen LogP contribution in [0, 0.1) is 11.3 Å². The molecule has 1 aromatic carbocycles. The van der Waals surface area contributed by atoms with Gasteiger partial charge in [-0.15, -0.1) is 24.8 Å². The van der Waals surface area contributed by atoms with Gasteiger partial charge in [0.2, 0.25) is 0 Å². The Balaban J connectivity index is 3.13. The van der Waals surface area contributed by atoms with Gasteiger partial charge in [0.1, 0.15) is 11.1 Å². The van der Waals surface area contributed by atoms with Crippen molar-refractivity contribution in [2.75, 3.05) is 0 Å². The Labute approximate surface area is 106 Å². The van der Waals surface area contributed by atoms with Gasteiger partial charge in [-0.3, -0.25) is 4.79 Å². The highest BCUT2D eigenvalue weighted by molar-refractivity contribution is 6.31. The number of nitriles is 1. The van der Waals surface area contributed by atoms with Crippen molar-refractivity contribution in [3.05, 3.63) is 29.3 Å². The van der Waals surface area contributed by atoms with Crippen LogP contribution in [0.5, 0.6) is 5.75 Å². The minimum Gasteiger partial charge on any atom is -0.406 e. The van der Waals surface area contributed by atoms with Crippen molar-refractivity contribution < 1.29 is 22.7 Å². The van der Waals surface area contributed by atoms with Gasteiger partial charge in [0.05, 0.1) is 11.6 Å². The average Bonchev–Trinajstić information content (AvgIpc) is 2.25. The maximum Gasteiger partial charge on any atom is 0.573 e. The molecule has 0 bridgehead atoms. The summed E-state index contributed by atoms with van der Waals surface area (Å²) >= 11 is 5.75. The third kappa shape index (κ3) is 3.64. The summed E-state index contributed by atoms with van der Waals surface area (Å²) in [7, 11) is 0. The molecule has 1 rings (SSSR count). The van der Waals surface area contributed by atoms with Crippen molar-refractivity contribution >= 4 is 17.4 Å². The topological polar surface area (TPSA) is 50.1 Å². The third-order valence-corrected chi connectivity index (χ3v) is 2.55. The van der Waals surface area contributed by atoms with Gasteiger partial charge in [-0.2, -0.15) is 5.26 Å². The molecule has 96 valence electrons. The molecule has 7 heteroatoms. The quantitative estimate of drug-likeness (QED) is 0.796. The number of halogens is 4. The Hall–Kier alpha value is -1.74. The van der Waals surface area contributed by atoms with E-state index in [2.05, 4.69) is 4.74 Å². The Kier molecular flexibility index (Phi) is 4.19. The summed E-state index contributed by atoms with van der Waals surface area (Å²) < 4.78 is 39.6. The van der Waals surface area contributed by atoms with Crippen LogP contribution in [0.2, 0.25) is 0 Å². The summed E-state index contributed by atoms with van der Waals surface area (Å²) in [5.41, 5.74) is 0.0214. The molecule has 0 aromatic heterocycles. The predicted octanol–water partition coefficient (Wildman–Crippen LogP) is 3.33. The van der Waals surface area contributed by atoms with Gasteiger partial charge in [0.15, 0.2) is 5.78 Å². The number of ether oxygens (including phenoxy) is 1. The number of hydrogen-bond acceptors (Lipinski definition) is 3. The minimum atomic E-state index is -4.84. The number of rotatable bonds is 3. The molecule has 0 radical (unpaired) electrons. The van der Waals surface area contributed by atoms with Gasteiger partial charge in [0, 0.05) is 0 Å². The van der Waals surface area contributed by atoms with Crippen molar-refractivity contribution in [2.24, 2.45) is 0 Å². The summed E-state index contributed by atoms with van der Waals surface area (Å²) in [5.74, 6) is -0.937. The molecule has 1 unspecified atom stereocenters. The minimum absolute atomic E-state index is 0.132. The number of benzene rings is 1. The van der Waals surface area contributed by atoms with Crippen LogP contribution in [0.15, 0.2) is 18.2 Å². The van der Waals surface area contributed by atoms with E-state index < -0.39 is 23.3 Å². The lowest BCUT2D eigenvalue weighted by Gasteiger charge is -2.12. The molecule has 0 fully saturated rings. The van der Waals surface area contributed by atoms with Crippen molar-refractivity contribution in [1.82, 2.24) is 0 Å². The van der Waals surface area contributed by atoms with E-state index >= 15 is 0 Å². The van der Waals surface area contributed by atoms with Crippen LogP contribution >= 0.6 is 11.6 Å². The maximum absolute atomic E-state index is 12.0. The highest BCUT2D eigenvalue weighted by Gasteiger charge is 2.31. The summed E-state index contributed by atoms with van der Waals surface area (Å²) in [5, 5.41) is 7.75. The SMILES string of the molecule is CC(=O)C(Cl)c1ccc(OC(F)(F)F)cc1C#N. The molecule has 18 heavy (non-hydrogen) atoms. The Morgan fingerprint density at radius 2 is 2.11 bits per heavy atom. The zero-order chi connectivity index (χ0) is 13.9. The molecule has 0 aliphatic carbocycles. The fourth-order valence-electron chi connectivity index (χ4n) is 1.27. The van der Waals surface area contributed by atoms with Crippen molar-refractivity contribution in [3.8, 4) is 11.8 Å². The van der Waals surface area contributed by atoms with Crippen molar-refractivity contribution in [3.63, 3.8) is 0 Å². The summed E-state index contributed by atoms with van der Waals surface area (Å²) in [6, 6.07) is 4.73. The van der Waals surface area contributed by atoms with Crippen LogP contribution in [0.1, 0.15) is 23.4 Å². The lowest BCUT2D eigenvalue weighted by Crippen LogP contribution is -2.17. The van der Waals surface area contributed by atoms with E-state index in [1.807, 2.05) is 0 Å². The smallest absolute Gasteiger partial charge is 0.406 e. The first-order valence-electron chi connectivity index (χ1n) is 4.69. The first-order chi connectivity index (χ1) is 8.24. The zero-order valence-electron chi connectivity index (χ0n) is 9.08. The van der Waals surface area contributed by atoms with E-state index in [1.165, 1.54) is 13.0 Å². The van der Waals surface area contributed by atoms with Crippen LogP contribution in [0.3, 0.4) is 0 Å². The average molecular weight is 278 g/mol. The fourth-order valence-corrected chi connectivity index (χ4v) is 1.46. The molecule has 0 saturated carbocycles. The number of alkyl halides is 4. The molecule has 0 heterocycles. The highest BCUT2D eigenvalue weighted by Crippen LogP contribution is 2.30. The van der Waals surface area contributed by atoms with E-state index in [9.17, 15) is 18.0 Å². The van der Waals surface area contributed by atoms with E-state index in [0.717, 1.165) is 12.1 Å². The number of ketones is 1. The molecular formula is C11H7ClF3NO2. The zero-order valence-corrected chi connectivity index (χ0v) is 9.84. The summed E-state index contributed by atoms with van der Waals surface area (Å²) in [6.45, 7) is 1.22. The molecular weight excluding hydrogens is 271 g/mol. The Morgan fingerprint density at radius 1 is 1.50 bits per heavy atom. The lowest BCUT2D eigenvalue weighted by atomic mass is 10.0. The molecule has 0 aliphatic rings. The first-order valence-corrected chi connectivity index (χ1v) is 5.12. The molecule has 0 N–H and O–H groups in total. The Morgan fingerprint density at radius 3 is 2.56 bits per heavy atom. The molecule has 0 saturated heterocycles. The van der Waals surface area contributed by atoms with Crippen LogP contribution < -0.4 is 4.74 Å². The molecule has 1 aromatic rings. The second-order valence-corrected chi connectivity index (χ2v) is 3.82.